The second-order valence-corrected chi connectivity index (χ2v) is 8.33. The van der Waals surface area contributed by atoms with Crippen molar-refractivity contribution in [1.29, 1.82) is 0 Å². The molecule has 3 heteroatoms. The third-order valence-electron chi connectivity index (χ3n) is 5.20. The van der Waals surface area contributed by atoms with Crippen molar-refractivity contribution < 1.29 is 9.84 Å². The second-order valence-electron chi connectivity index (χ2n) is 8.33. The molecular weight excluding hydrogens is 262 g/mol. The van der Waals surface area contributed by atoms with Crippen molar-refractivity contribution in [3.63, 3.8) is 0 Å². The van der Waals surface area contributed by atoms with Gasteiger partial charge in [0.05, 0.1) is 18.3 Å². The molecule has 3 nitrogen and oxygen atoms in total. The van der Waals surface area contributed by atoms with E-state index in [1.54, 1.807) is 0 Å². The Bertz CT molecular complexity index is 305. The van der Waals surface area contributed by atoms with Crippen LogP contribution in [0.1, 0.15) is 66.2 Å². The summed E-state index contributed by atoms with van der Waals surface area (Å²) in [7, 11) is 0. The molecule has 21 heavy (non-hydrogen) atoms. The van der Waals surface area contributed by atoms with E-state index in [0.29, 0.717) is 6.04 Å². The second kappa shape index (κ2) is 7.43. The van der Waals surface area contributed by atoms with Gasteiger partial charge in [-0.25, -0.2) is 0 Å². The molecule has 0 aromatic heterocycles. The average molecular weight is 297 g/mol. The summed E-state index contributed by atoms with van der Waals surface area (Å²) in [4.78, 5) is 2.60. The number of aliphatic hydroxyl groups excluding tert-OH is 1. The smallest absolute Gasteiger partial charge is 0.0598 e. The number of nitrogens with zero attached hydrogens (tertiary/aromatic N) is 1. The van der Waals surface area contributed by atoms with Gasteiger partial charge in [-0.15, -0.1) is 0 Å². The van der Waals surface area contributed by atoms with Gasteiger partial charge in [-0.3, -0.25) is 0 Å². The molecule has 0 bridgehead atoms. The van der Waals surface area contributed by atoms with Crippen LogP contribution in [0.5, 0.6) is 0 Å². The molecule has 1 saturated heterocycles. The van der Waals surface area contributed by atoms with Crippen LogP contribution < -0.4 is 0 Å². The summed E-state index contributed by atoms with van der Waals surface area (Å²) in [6.45, 7) is 11.9. The van der Waals surface area contributed by atoms with E-state index in [0.717, 1.165) is 37.8 Å². The molecule has 1 N–H and O–H groups in total. The summed E-state index contributed by atoms with van der Waals surface area (Å²) in [5, 5.41) is 9.72. The largest absolute Gasteiger partial charge is 0.393 e. The Morgan fingerprint density at radius 1 is 1.05 bits per heavy atom. The van der Waals surface area contributed by atoms with E-state index in [-0.39, 0.29) is 11.7 Å². The van der Waals surface area contributed by atoms with E-state index in [4.69, 9.17) is 4.74 Å². The van der Waals surface area contributed by atoms with Crippen LogP contribution in [0.4, 0.5) is 0 Å². The number of ether oxygens (including phenoxy) is 1. The zero-order chi connectivity index (χ0) is 15.5. The first-order valence-electron chi connectivity index (χ1n) is 8.89. The highest BCUT2D eigenvalue weighted by molar-refractivity contribution is 4.82. The first-order chi connectivity index (χ1) is 9.83. The Hall–Kier alpha value is -0.120. The lowest BCUT2D eigenvalue weighted by molar-refractivity contribution is -0.0322. The Morgan fingerprint density at radius 3 is 2.24 bits per heavy atom. The molecule has 0 spiro atoms. The molecule has 0 amide bonds. The Morgan fingerprint density at radius 2 is 1.67 bits per heavy atom. The average Bonchev–Trinajstić information content (AvgIpc) is 2.40. The van der Waals surface area contributed by atoms with E-state index < -0.39 is 0 Å². The van der Waals surface area contributed by atoms with E-state index in [1.807, 2.05) is 0 Å². The van der Waals surface area contributed by atoms with Crippen LogP contribution >= 0.6 is 0 Å². The van der Waals surface area contributed by atoms with Gasteiger partial charge in [-0.2, -0.15) is 0 Å². The molecular formula is C18H35NO2. The van der Waals surface area contributed by atoms with E-state index in [1.165, 1.54) is 32.2 Å². The lowest BCUT2D eigenvalue weighted by atomic mass is 9.81. The van der Waals surface area contributed by atoms with Crippen LogP contribution in [-0.2, 0) is 4.74 Å². The highest BCUT2D eigenvalue weighted by Gasteiger charge is 2.28. The third kappa shape index (κ3) is 5.88. The van der Waals surface area contributed by atoms with Crippen molar-refractivity contribution >= 4 is 0 Å². The number of piperidine rings is 1. The van der Waals surface area contributed by atoms with Gasteiger partial charge >= 0.3 is 0 Å². The number of aliphatic hydroxyl groups is 1. The Kier molecular flexibility index (Phi) is 6.10. The zero-order valence-electron chi connectivity index (χ0n) is 14.5. The van der Waals surface area contributed by atoms with Crippen molar-refractivity contribution in [2.45, 2.75) is 84.0 Å². The van der Waals surface area contributed by atoms with Gasteiger partial charge in [0.25, 0.3) is 0 Å². The fraction of sp³-hybridized carbons (Fsp3) is 1.00. The fourth-order valence-corrected chi connectivity index (χ4v) is 3.75. The van der Waals surface area contributed by atoms with Crippen LogP contribution in [0.25, 0.3) is 0 Å². The molecule has 1 aliphatic heterocycles. The molecule has 0 aromatic rings. The molecule has 2 unspecified atom stereocenters. The summed E-state index contributed by atoms with van der Waals surface area (Å²) < 4.78 is 5.94. The van der Waals surface area contributed by atoms with Crippen molar-refractivity contribution in [3.8, 4) is 0 Å². The van der Waals surface area contributed by atoms with Gasteiger partial charge in [0.15, 0.2) is 0 Å². The molecule has 0 aromatic carbocycles. The summed E-state index contributed by atoms with van der Waals surface area (Å²) in [6, 6.07) is 0.552. The molecule has 1 heterocycles. The van der Waals surface area contributed by atoms with Gasteiger partial charge in [-0.05, 0) is 78.1 Å². The standard InChI is InChI=1S/C18H35NO2/c1-14-11-17(20)9-10-19(14)12-15-5-7-16(8-6-15)13-21-18(2,3)4/h14-17,20H,5-13H2,1-4H3. The maximum Gasteiger partial charge on any atom is 0.0598 e. The topological polar surface area (TPSA) is 32.7 Å². The predicted molar refractivity (Wildman–Crippen MR) is 87.4 cm³/mol. The van der Waals surface area contributed by atoms with Gasteiger partial charge in [-0.1, -0.05) is 0 Å². The molecule has 1 saturated carbocycles. The highest BCUT2D eigenvalue weighted by atomic mass is 16.5. The summed E-state index contributed by atoms with van der Waals surface area (Å²) >= 11 is 0. The van der Waals surface area contributed by atoms with Crippen LogP contribution in [-0.4, -0.2) is 47.4 Å². The van der Waals surface area contributed by atoms with Crippen molar-refractivity contribution in [1.82, 2.24) is 4.90 Å². The highest BCUT2D eigenvalue weighted by Crippen LogP contribution is 2.31. The van der Waals surface area contributed by atoms with Gasteiger partial charge in [0.2, 0.25) is 0 Å². The quantitative estimate of drug-likeness (QED) is 0.862. The molecule has 124 valence electrons. The fourth-order valence-electron chi connectivity index (χ4n) is 3.75. The minimum atomic E-state index is -0.0680. The van der Waals surface area contributed by atoms with Crippen LogP contribution in [0.15, 0.2) is 0 Å². The van der Waals surface area contributed by atoms with E-state index in [9.17, 15) is 5.11 Å². The van der Waals surface area contributed by atoms with Crippen LogP contribution in [0.2, 0.25) is 0 Å². The maximum absolute atomic E-state index is 9.72. The number of hydrogen-bond acceptors (Lipinski definition) is 3. The molecule has 2 atom stereocenters. The van der Waals surface area contributed by atoms with Crippen LogP contribution in [0, 0.1) is 11.8 Å². The number of likely N-dealkylation sites (tertiary alicyclic amines) is 1. The zero-order valence-corrected chi connectivity index (χ0v) is 14.5. The Balaban J connectivity index is 1.67. The minimum absolute atomic E-state index is 0.000910. The predicted octanol–water partition coefficient (Wildman–Crippen LogP) is 3.45. The maximum atomic E-state index is 9.72. The molecule has 0 radical (unpaired) electrons. The molecule has 2 rings (SSSR count). The van der Waals surface area contributed by atoms with Gasteiger partial charge < -0.3 is 14.7 Å². The third-order valence-corrected chi connectivity index (χ3v) is 5.20. The van der Waals surface area contributed by atoms with Crippen molar-refractivity contribution in [2.24, 2.45) is 11.8 Å². The monoisotopic (exact) mass is 297 g/mol. The van der Waals surface area contributed by atoms with Gasteiger partial charge in [0.1, 0.15) is 0 Å². The first kappa shape index (κ1) is 17.2. The lowest BCUT2D eigenvalue weighted by Gasteiger charge is -2.39. The number of hydrogen-bond donors (Lipinski definition) is 1. The molecule has 2 aliphatic rings. The van der Waals surface area contributed by atoms with E-state index in [2.05, 4.69) is 32.6 Å². The minimum Gasteiger partial charge on any atom is -0.393 e. The van der Waals surface area contributed by atoms with Crippen molar-refractivity contribution in [2.75, 3.05) is 19.7 Å². The van der Waals surface area contributed by atoms with Gasteiger partial charge in [0, 0.05) is 19.1 Å². The first-order valence-corrected chi connectivity index (χ1v) is 8.89. The number of rotatable bonds is 4. The Labute approximate surface area is 131 Å². The lowest BCUT2D eigenvalue weighted by Crippen LogP contribution is -2.45. The van der Waals surface area contributed by atoms with Crippen molar-refractivity contribution in [3.05, 3.63) is 0 Å². The molecule has 2 fully saturated rings. The van der Waals surface area contributed by atoms with E-state index >= 15 is 0 Å². The molecule has 1 aliphatic carbocycles. The SMILES string of the molecule is CC1CC(O)CCN1CC1CCC(COC(C)(C)C)CC1. The van der Waals surface area contributed by atoms with Crippen LogP contribution in [0.3, 0.4) is 0 Å². The summed E-state index contributed by atoms with van der Waals surface area (Å²) in [6.07, 6.45) is 7.19. The summed E-state index contributed by atoms with van der Waals surface area (Å²) in [5.41, 5.74) is 0.000910. The normalized spacial score (nSPS) is 35.9. The summed E-state index contributed by atoms with van der Waals surface area (Å²) in [5.74, 6) is 1.62.